The predicted molar refractivity (Wildman–Crippen MR) is 107 cm³/mol. The number of carbonyl (C=O) groups is 1. The average Bonchev–Trinajstić information content (AvgIpc) is 2.99. The minimum absolute atomic E-state index is 0.0552. The van der Waals surface area contributed by atoms with Crippen molar-refractivity contribution in [3.8, 4) is 0 Å². The fourth-order valence-corrected chi connectivity index (χ4v) is 4.50. The van der Waals surface area contributed by atoms with Crippen molar-refractivity contribution < 1.29 is 9.53 Å². The molecule has 0 aliphatic carbocycles. The normalized spacial score (nSPS) is 21.8. The molecule has 8 heteroatoms. The molecule has 0 saturated carbocycles. The van der Waals surface area contributed by atoms with Crippen LogP contribution in [0.15, 0.2) is 35.4 Å². The molecule has 3 aromatic rings. The first-order valence-electron chi connectivity index (χ1n) is 9.90. The first-order chi connectivity index (χ1) is 13.9. The van der Waals surface area contributed by atoms with Crippen LogP contribution in [0.5, 0.6) is 0 Å². The molecule has 0 unspecified atom stereocenters. The summed E-state index contributed by atoms with van der Waals surface area (Å²) in [5.74, 6) is -0.0822. The number of fused-ring (bicyclic) bond motifs is 2. The molecule has 0 N–H and O–H groups in total. The zero-order chi connectivity index (χ0) is 20.3. The zero-order valence-electron chi connectivity index (χ0n) is 16.7. The Hall–Kier alpha value is -3.00. The monoisotopic (exact) mass is 393 g/mol. The highest BCUT2D eigenvalue weighted by molar-refractivity contribution is 5.94. The van der Waals surface area contributed by atoms with Crippen LogP contribution in [0.2, 0.25) is 0 Å². The van der Waals surface area contributed by atoms with Crippen LogP contribution < -0.4 is 5.56 Å². The van der Waals surface area contributed by atoms with Gasteiger partial charge in [0.1, 0.15) is 0 Å². The number of ether oxygens (including phenoxy) is 1. The number of aromatic nitrogens is 4. The lowest BCUT2D eigenvalue weighted by Crippen LogP contribution is -2.53. The second kappa shape index (κ2) is 6.52. The molecule has 1 amide bonds. The summed E-state index contributed by atoms with van der Waals surface area (Å²) < 4.78 is 9.27. The Kier molecular flexibility index (Phi) is 4.06. The summed E-state index contributed by atoms with van der Waals surface area (Å²) in [5.41, 5.74) is 3.08. The molecular formula is C21H23N5O3. The van der Waals surface area contributed by atoms with Crippen LogP contribution in [0, 0.1) is 0 Å². The van der Waals surface area contributed by atoms with Crippen LogP contribution in [-0.2, 0) is 18.2 Å². The van der Waals surface area contributed by atoms with E-state index in [0.29, 0.717) is 36.1 Å². The number of aryl methyl sites for hydroxylation is 1. The Balaban J connectivity index is 1.38. The molecule has 2 aromatic heterocycles. The molecule has 1 saturated heterocycles. The van der Waals surface area contributed by atoms with Gasteiger partial charge in [-0.15, -0.1) is 0 Å². The van der Waals surface area contributed by atoms with E-state index in [2.05, 4.69) is 10.1 Å². The first kappa shape index (κ1) is 18.1. The maximum absolute atomic E-state index is 13.1. The van der Waals surface area contributed by atoms with Crippen molar-refractivity contribution in [2.75, 3.05) is 13.1 Å². The first-order valence-corrected chi connectivity index (χ1v) is 9.90. The minimum Gasteiger partial charge on any atom is -0.369 e. The number of carbonyl (C=O) groups excluding carboxylic acids is 1. The third-order valence-electron chi connectivity index (χ3n) is 5.94. The molecule has 0 bridgehead atoms. The summed E-state index contributed by atoms with van der Waals surface area (Å²) in [6.45, 7) is 4.96. The van der Waals surface area contributed by atoms with Gasteiger partial charge in [0.25, 0.3) is 11.5 Å². The van der Waals surface area contributed by atoms with Gasteiger partial charge in [0, 0.05) is 32.1 Å². The Morgan fingerprint density at radius 3 is 2.76 bits per heavy atom. The van der Waals surface area contributed by atoms with Gasteiger partial charge in [0.05, 0.1) is 41.2 Å². The summed E-state index contributed by atoms with van der Waals surface area (Å²) >= 11 is 0. The maximum atomic E-state index is 13.1. The van der Waals surface area contributed by atoms with Crippen molar-refractivity contribution >= 4 is 16.8 Å². The molecule has 5 rings (SSSR count). The van der Waals surface area contributed by atoms with E-state index in [-0.39, 0.29) is 29.7 Å². The second-order valence-electron chi connectivity index (χ2n) is 7.97. The van der Waals surface area contributed by atoms with Crippen molar-refractivity contribution in [3.63, 3.8) is 0 Å². The van der Waals surface area contributed by atoms with Crippen molar-refractivity contribution in [2.45, 2.75) is 38.5 Å². The summed E-state index contributed by atoms with van der Waals surface area (Å²) in [6, 6.07) is 7.25. The van der Waals surface area contributed by atoms with E-state index in [1.807, 2.05) is 39.1 Å². The maximum Gasteiger partial charge on any atom is 0.274 e. The van der Waals surface area contributed by atoms with Crippen molar-refractivity contribution in [2.24, 2.45) is 7.05 Å². The van der Waals surface area contributed by atoms with Crippen LogP contribution in [0.3, 0.4) is 0 Å². The number of rotatable bonds is 2. The summed E-state index contributed by atoms with van der Waals surface area (Å²) in [5, 5.41) is 5.10. The van der Waals surface area contributed by atoms with Crippen LogP contribution in [0.1, 0.15) is 47.7 Å². The van der Waals surface area contributed by atoms with Crippen LogP contribution in [0.25, 0.3) is 10.9 Å². The van der Waals surface area contributed by atoms with Gasteiger partial charge in [-0.3, -0.25) is 18.8 Å². The predicted octanol–water partition coefficient (Wildman–Crippen LogP) is 1.85. The van der Waals surface area contributed by atoms with Gasteiger partial charge in [-0.05, 0) is 26.0 Å². The van der Waals surface area contributed by atoms with Gasteiger partial charge in [-0.25, -0.2) is 4.98 Å². The zero-order valence-corrected chi connectivity index (χ0v) is 16.7. The standard InChI is InChI=1S/C21H23N5O3/c1-12-8-16-18(23-24(3)19(16)13(2)29-12)21(28)25-9-14(10-25)26-11-22-17-7-5-4-6-15(17)20(26)27/h4-7,11-14H,8-10H2,1-3H3/t12-,13+/m1/s1. The number of hydrogen-bond donors (Lipinski definition) is 0. The number of hydrogen-bond acceptors (Lipinski definition) is 5. The summed E-state index contributed by atoms with van der Waals surface area (Å²) in [4.78, 5) is 32.0. The van der Waals surface area contributed by atoms with Gasteiger partial charge < -0.3 is 9.64 Å². The molecule has 8 nitrogen and oxygen atoms in total. The van der Waals surface area contributed by atoms with Crippen molar-refractivity contribution in [1.29, 1.82) is 0 Å². The number of nitrogens with zero attached hydrogens (tertiary/aromatic N) is 5. The SMILES string of the molecule is C[C@@H]1Cc2c(C(=O)N3CC(n4cnc5ccccc5c4=O)C3)nn(C)c2[C@H](C)O1. The quantitative estimate of drug-likeness (QED) is 0.664. The molecule has 0 spiro atoms. The van der Waals surface area contributed by atoms with Crippen molar-refractivity contribution in [1.82, 2.24) is 24.2 Å². The Labute approximate surface area is 167 Å². The fraction of sp³-hybridized carbons (Fsp3) is 0.429. The molecule has 2 aliphatic rings. The Bertz CT molecular complexity index is 1170. The second-order valence-corrected chi connectivity index (χ2v) is 7.97. The van der Waals surface area contributed by atoms with E-state index in [9.17, 15) is 9.59 Å². The van der Waals surface area contributed by atoms with Crippen LogP contribution in [0.4, 0.5) is 0 Å². The highest BCUT2D eigenvalue weighted by Gasteiger charge is 2.38. The third kappa shape index (κ3) is 2.78. The number of amides is 1. The summed E-state index contributed by atoms with van der Waals surface area (Å²) in [6.07, 6.45) is 2.24. The van der Waals surface area contributed by atoms with Gasteiger partial charge >= 0.3 is 0 Å². The lowest BCUT2D eigenvalue weighted by molar-refractivity contribution is -0.00911. The Morgan fingerprint density at radius 1 is 1.21 bits per heavy atom. The van der Waals surface area contributed by atoms with E-state index in [1.54, 1.807) is 26.5 Å². The summed E-state index contributed by atoms with van der Waals surface area (Å²) in [7, 11) is 1.85. The lowest BCUT2D eigenvalue weighted by atomic mass is 9.98. The lowest BCUT2D eigenvalue weighted by Gasteiger charge is -2.39. The van der Waals surface area contributed by atoms with E-state index >= 15 is 0 Å². The molecule has 1 aromatic carbocycles. The molecule has 0 radical (unpaired) electrons. The van der Waals surface area contributed by atoms with E-state index in [0.717, 1.165) is 11.3 Å². The number of likely N-dealkylation sites (tertiary alicyclic amines) is 1. The molecule has 150 valence electrons. The molecule has 29 heavy (non-hydrogen) atoms. The van der Waals surface area contributed by atoms with Gasteiger partial charge in [0.15, 0.2) is 5.69 Å². The van der Waals surface area contributed by atoms with E-state index in [1.165, 1.54) is 0 Å². The highest BCUT2D eigenvalue weighted by atomic mass is 16.5. The fourth-order valence-electron chi connectivity index (χ4n) is 4.50. The Morgan fingerprint density at radius 2 is 1.97 bits per heavy atom. The smallest absolute Gasteiger partial charge is 0.274 e. The number of para-hydroxylation sites is 1. The topological polar surface area (TPSA) is 82.3 Å². The van der Waals surface area contributed by atoms with Crippen molar-refractivity contribution in [3.05, 3.63) is 57.9 Å². The highest BCUT2D eigenvalue weighted by Crippen LogP contribution is 2.33. The molecule has 2 atom stereocenters. The van der Waals surface area contributed by atoms with Crippen LogP contribution in [-0.4, -0.2) is 49.3 Å². The van der Waals surface area contributed by atoms with E-state index in [4.69, 9.17) is 4.74 Å². The molecular weight excluding hydrogens is 370 g/mol. The van der Waals surface area contributed by atoms with Gasteiger partial charge in [-0.1, -0.05) is 12.1 Å². The van der Waals surface area contributed by atoms with Crippen LogP contribution >= 0.6 is 0 Å². The molecule has 4 heterocycles. The van der Waals surface area contributed by atoms with Gasteiger partial charge in [-0.2, -0.15) is 5.10 Å². The average molecular weight is 393 g/mol. The van der Waals surface area contributed by atoms with Gasteiger partial charge in [0.2, 0.25) is 0 Å². The number of benzene rings is 1. The largest absolute Gasteiger partial charge is 0.369 e. The molecule has 1 fully saturated rings. The molecule has 2 aliphatic heterocycles. The van der Waals surface area contributed by atoms with E-state index < -0.39 is 0 Å². The third-order valence-corrected chi connectivity index (χ3v) is 5.94. The minimum atomic E-state index is -0.0841.